The molecule has 2 heterocycles. The highest BCUT2D eigenvalue weighted by atomic mass is 16.3. The van der Waals surface area contributed by atoms with E-state index in [1.807, 2.05) is 26.8 Å². The molecule has 1 aromatic heterocycles. The number of rotatable bonds is 3. The molecule has 2 unspecified atom stereocenters. The van der Waals surface area contributed by atoms with Crippen molar-refractivity contribution in [2.45, 2.75) is 33.0 Å². The summed E-state index contributed by atoms with van der Waals surface area (Å²) >= 11 is 0. The molecular formula is C11H17N5O. The maximum absolute atomic E-state index is 5.66. The van der Waals surface area contributed by atoms with Crippen LogP contribution in [-0.2, 0) is 0 Å². The Kier molecular flexibility index (Phi) is 3.03. The third-order valence-electron chi connectivity index (χ3n) is 2.43. The fourth-order valence-corrected chi connectivity index (χ4v) is 1.68. The van der Waals surface area contributed by atoms with Gasteiger partial charge in [-0.1, -0.05) is 0 Å². The minimum atomic E-state index is -0.137. The minimum Gasteiger partial charge on any atom is -0.467 e. The molecule has 1 aromatic rings. The van der Waals surface area contributed by atoms with Crippen LogP contribution in [-0.4, -0.2) is 24.0 Å². The number of aryl methyl sites for hydroxylation is 1. The van der Waals surface area contributed by atoms with Crippen molar-refractivity contribution in [3.63, 3.8) is 0 Å². The molecule has 4 N–H and O–H groups in total. The van der Waals surface area contributed by atoms with Crippen molar-refractivity contribution >= 4 is 17.5 Å². The lowest BCUT2D eigenvalue weighted by Crippen LogP contribution is -2.47. The van der Waals surface area contributed by atoms with Crippen LogP contribution in [0.4, 0.5) is 5.69 Å². The second-order valence-corrected chi connectivity index (χ2v) is 4.10. The number of nitrogens with zero attached hydrogens (tertiary/aromatic N) is 2. The van der Waals surface area contributed by atoms with E-state index in [1.54, 1.807) is 6.26 Å². The fraction of sp³-hybridized carbons (Fsp3) is 0.455. The second kappa shape index (κ2) is 4.48. The highest BCUT2D eigenvalue weighted by Crippen LogP contribution is 2.13. The van der Waals surface area contributed by atoms with Gasteiger partial charge in [0.15, 0.2) is 5.96 Å². The molecule has 0 saturated carbocycles. The van der Waals surface area contributed by atoms with Gasteiger partial charge in [-0.3, -0.25) is 0 Å². The van der Waals surface area contributed by atoms with E-state index in [4.69, 9.17) is 10.2 Å². The predicted molar refractivity (Wildman–Crippen MR) is 68.2 cm³/mol. The molecule has 0 amide bonds. The Morgan fingerprint density at radius 1 is 1.53 bits per heavy atom. The third kappa shape index (κ3) is 2.77. The predicted octanol–water partition coefficient (Wildman–Crippen LogP) is 1.05. The lowest BCUT2D eigenvalue weighted by atomic mass is 10.2. The molecule has 0 spiro atoms. The van der Waals surface area contributed by atoms with Crippen molar-refractivity contribution in [2.24, 2.45) is 15.7 Å². The van der Waals surface area contributed by atoms with Crippen LogP contribution in [0.1, 0.15) is 19.6 Å². The van der Waals surface area contributed by atoms with E-state index in [0.29, 0.717) is 5.96 Å². The van der Waals surface area contributed by atoms with Crippen LogP contribution >= 0.6 is 0 Å². The van der Waals surface area contributed by atoms with Crippen molar-refractivity contribution in [3.05, 3.63) is 18.1 Å². The standard InChI is InChI=1S/C11H17N5O/c1-6-4-9(5-17-6)13-7(2)10-14-8(3)15-11(12)16-10/h4-5,7-8,13H,1-3H3,(H3,12,14,15,16). The summed E-state index contributed by atoms with van der Waals surface area (Å²) in [4.78, 5) is 8.46. The number of hydrogen-bond donors (Lipinski definition) is 3. The number of nitrogens with one attached hydrogen (secondary N) is 2. The SMILES string of the molecule is Cc1cc(NC(C)C2=NC(C)N=C(N)N2)co1. The van der Waals surface area contributed by atoms with Gasteiger partial charge in [0.1, 0.15) is 24.0 Å². The van der Waals surface area contributed by atoms with E-state index >= 15 is 0 Å². The van der Waals surface area contributed by atoms with Crippen LogP contribution in [0.15, 0.2) is 26.7 Å². The van der Waals surface area contributed by atoms with Gasteiger partial charge >= 0.3 is 0 Å². The van der Waals surface area contributed by atoms with Crippen LogP contribution in [0.5, 0.6) is 0 Å². The molecule has 0 saturated heterocycles. The largest absolute Gasteiger partial charge is 0.467 e. The van der Waals surface area contributed by atoms with Gasteiger partial charge in [0.05, 0.1) is 11.7 Å². The van der Waals surface area contributed by atoms with Gasteiger partial charge in [0, 0.05) is 6.07 Å². The zero-order chi connectivity index (χ0) is 12.4. The highest BCUT2D eigenvalue weighted by molar-refractivity contribution is 6.03. The zero-order valence-corrected chi connectivity index (χ0v) is 10.2. The smallest absolute Gasteiger partial charge is 0.196 e. The first-order valence-electron chi connectivity index (χ1n) is 5.54. The van der Waals surface area contributed by atoms with Crippen molar-refractivity contribution in [2.75, 3.05) is 5.32 Å². The van der Waals surface area contributed by atoms with Gasteiger partial charge < -0.3 is 20.8 Å². The van der Waals surface area contributed by atoms with Crippen LogP contribution in [0.2, 0.25) is 0 Å². The van der Waals surface area contributed by atoms with E-state index in [2.05, 4.69) is 20.6 Å². The number of anilines is 1. The lowest BCUT2D eigenvalue weighted by molar-refractivity contribution is 0.534. The Bertz CT molecular complexity index is 462. The summed E-state index contributed by atoms with van der Waals surface area (Å²) in [5.41, 5.74) is 6.59. The molecular weight excluding hydrogens is 218 g/mol. The molecule has 2 atom stereocenters. The highest BCUT2D eigenvalue weighted by Gasteiger charge is 2.17. The molecule has 1 aliphatic heterocycles. The summed E-state index contributed by atoms with van der Waals surface area (Å²) in [7, 11) is 0. The molecule has 0 bridgehead atoms. The van der Waals surface area contributed by atoms with Crippen molar-refractivity contribution in [3.8, 4) is 0 Å². The molecule has 1 aliphatic rings. The van der Waals surface area contributed by atoms with Crippen molar-refractivity contribution < 1.29 is 4.42 Å². The summed E-state index contributed by atoms with van der Waals surface area (Å²) in [6.07, 6.45) is 1.54. The number of amidine groups is 1. The number of guanidine groups is 1. The van der Waals surface area contributed by atoms with Gasteiger partial charge in [0.25, 0.3) is 0 Å². The van der Waals surface area contributed by atoms with Gasteiger partial charge in [-0.05, 0) is 20.8 Å². The number of hydrogen-bond acceptors (Lipinski definition) is 6. The quantitative estimate of drug-likeness (QED) is 0.730. The first-order chi connectivity index (χ1) is 8.04. The molecule has 6 heteroatoms. The maximum Gasteiger partial charge on any atom is 0.196 e. The van der Waals surface area contributed by atoms with Crippen molar-refractivity contribution in [1.29, 1.82) is 0 Å². The van der Waals surface area contributed by atoms with Gasteiger partial charge in [-0.25, -0.2) is 9.98 Å². The summed E-state index contributed by atoms with van der Waals surface area (Å²) in [5.74, 6) is 2.05. The third-order valence-corrected chi connectivity index (χ3v) is 2.43. The molecule has 92 valence electrons. The zero-order valence-electron chi connectivity index (χ0n) is 10.2. The Hall–Kier alpha value is -1.98. The lowest BCUT2D eigenvalue weighted by Gasteiger charge is -2.22. The van der Waals surface area contributed by atoms with E-state index in [9.17, 15) is 0 Å². The number of nitrogens with two attached hydrogens (primary N) is 1. The van der Waals surface area contributed by atoms with Crippen molar-refractivity contribution in [1.82, 2.24) is 5.32 Å². The van der Waals surface area contributed by atoms with Crippen LogP contribution in [0.25, 0.3) is 0 Å². The van der Waals surface area contributed by atoms with E-state index in [-0.39, 0.29) is 12.2 Å². The normalized spacial score (nSPS) is 21.2. The summed E-state index contributed by atoms with van der Waals surface area (Å²) in [6.45, 7) is 5.79. The molecule has 0 fully saturated rings. The number of furan rings is 1. The Balaban J connectivity index is 2.03. The monoisotopic (exact) mass is 235 g/mol. The fourth-order valence-electron chi connectivity index (χ4n) is 1.68. The summed E-state index contributed by atoms with van der Waals surface area (Å²) in [6, 6.07) is 1.95. The average Bonchev–Trinajstić information content (AvgIpc) is 2.62. The Labute approximate surface area is 100 Å². The Morgan fingerprint density at radius 2 is 2.29 bits per heavy atom. The topological polar surface area (TPSA) is 87.9 Å². The molecule has 0 radical (unpaired) electrons. The molecule has 0 aliphatic carbocycles. The van der Waals surface area contributed by atoms with Crippen LogP contribution < -0.4 is 16.4 Å². The number of aliphatic imine (C=N–C) groups is 2. The molecule has 0 aromatic carbocycles. The van der Waals surface area contributed by atoms with Crippen LogP contribution in [0, 0.1) is 6.92 Å². The van der Waals surface area contributed by atoms with Gasteiger partial charge in [0.2, 0.25) is 0 Å². The first-order valence-corrected chi connectivity index (χ1v) is 5.54. The summed E-state index contributed by atoms with van der Waals surface area (Å²) < 4.78 is 5.22. The summed E-state index contributed by atoms with van der Waals surface area (Å²) in [5, 5.41) is 6.23. The van der Waals surface area contributed by atoms with Gasteiger partial charge in [-0.15, -0.1) is 0 Å². The Morgan fingerprint density at radius 3 is 2.88 bits per heavy atom. The van der Waals surface area contributed by atoms with E-state index in [1.165, 1.54) is 0 Å². The molecule has 6 nitrogen and oxygen atoms in total. The molecule has 17 heavy (non-hydrogen) atoms. The van der Waals surface area contributed by atoms with Crippen LogP contribution in [0.3, 0.4) is 0 Å². The molecule has 2 rings (SSSR count). The average molecular weight is 235 g/mol. The maximum atomic E-state index is 5.66. The first kappa shape index (κ1) is 11.5. The van der Waals surface area contributed by atoms with E-state index in [0.717, 1.165) is 17.3 Å². The second-order valence-electron chi connectivity index (χ2n) is 4.10. The minimum absolute atomic E-state index is 0.0171. The van der Waals surface area contributed by atoms with Gasteiger partial charge in [-0.2, -0.15) is 0 Å². The van der Waals surface area contributed by atoms with E-state index < -0.39 is 0 Å².